The summed E-state index contributed by atoms with van der Waals surface area (Å²) in [6.45, 7) is 9.50. The predicted octanol–water partition coefficient (Wildman–Crippen LogP) is 2.25. The van der Waals surface area contributed by atoms with Crippen LogP contribution in [-0.4, -0.2) is 60.7 Å². The molecule has 0 amide bonds. The molecule has 0 unspecified atom stereocenters. The first-order valence-corrected chi connectivity index (χ1v) is 9.51. The van der Waals surface area contributed by atoms with Gasteiger partial charge in [0.25, 0.3) is 5.56 Å². The van der Waals surface area contributed by atoms with Crippen LogP contribution in [0.1, 0.15) is 17.5 Å². The summed E-state index contributed by atoms with van der Waals surface area (Å²) < 4.78 is 1.76. The van der Waals surface area contributed by atoms with Crippen LogP contribution >= 0.6 is 0 Å². The Morgan fingerprint density at radius 3 is 2.46 bits per heavy atom. The minimum atomic E-state index is 0.0432. The number of nitrogens with one attached hydrogen (secondary N) is 1. The fraction of sp³-hybridized carbons (Fsp3) is 0.476. The van der Waals surface area contributed by atoms with Crippen LogP contribution in [0.4, 0.5) is 5.69 Å². The van der Waals surface area contributed by atoms with Gasteiger partial charge in [0.05, 0.1) is 6.54 Å². The van der Waals surface area contributed by atoms with Crippen LogP contribution in [0.2, 0.25) is 0 Å². The topological polar surface area (TPSA) is 40.5 Å². The van der Waals surface area contributed by atoms with Crippen LogP contribution < -0.4 is 10.9 Å². The maximum absolute atomic E-state index is 11.9. The molecule has 1 aromatic carbocycles. The monoisotopic (exact) mass is 354 g/mol. The summed E-state index contributed by atoms with van der Waals surface area (Å²) in [4.78, 5) is 16.8. The third kappa shape index (κ3) is 5.44. The zero-order valence-electron chi connectivity index (χ0n) is 15.9. The predicted molar refractivity (Wildman–Crippen MR) is 108 cm³/mol. The van der Waals surface area contributed by atoms with Crippen LogP contribution in [-0.2, 0) is 6.54 Å². The lowest BCUT2D eigenvalue weighted by atomic mass is 10.2. The summed E-state index contributed by atoms with van der Waals surface area (Å²) in [5.74, 6) is 0. The van der Waals surface area contributed by atoms with E-state index in [9.17, 15) is 4.79 Å². The van der Waals surface area contributed by atoms with E-state index in [1.54, 1.807) is 10.6 Å². The third-order valence-corrected chi connectivity index (χ3v) is 5.01. The van der Waals surface area contributed by atoms with E-state index in [0.717, 1.165) is 36.3 Å². The average Bonchev–Trinajstić information content (AvgIpc) is 2.65. The molecule has 3 rings (SSSR count). The Labute approximate surface area is 156 Å². The molecule has 0 spiro atoms. The molecule has 1 aromatic heterocycles. The van der Waals surface area contributed by atoms with Gasteiger partial charge in [0.1, 0.15) is 0 Å². The Kier molecular flexibility index (Phi) is 6.47. The molecule has 140 valence electrons. The first kappa shape index (κ1) is 18.7. The van der Waals surface area contributed by atoms with Gasteiger partial charge >= 0.3 is 0 Å². The summed E-state index contributed by atoms with van der Waals surface area (Å²) in [5, 5.41) is 3.50. The molecule has 1 aliphatic heterocycles. The highest BCUT2D eigenvalue weighted by atomic mass is 16.1. The van der Waals surface area contributed by atoms with Crippen LogP contribution in [0.3, 0.4) is 0 Å². The van der Waals surface area contributed by atoms with Gasteiger partial charge in [-0.25, -0.2) is 0 Å². The molecule has 0 atom stereocenters. The number of rotatable bonds is 7. The van der Waals surface area contributed by atoms with E-state index < -0.39 is 0 Å². The van der Waals surface area contributed by atoms with Crippen molar-refractivity contribution in [3.05, 3.63) is 64.1 Å². The number of hydrogen-bond acceptors (Lipinski definition) is 4. The van der Waals surface area contributed by atoms with Gasteiger partial charge in [0, 0.05) is 50.7 Å². The van der Waals surface area contributed by atoms with E-state index in [1.807, 2.05) is 19.2 Å². The Balaban J connectivity index is 1.43. The summed E-state index contributed by atoms with van der Waals surface area (Å²) in [6, 6.07) is 11.9. The highest BCUT2D eigenvalue weighted by Crippen LogP contribution is 2.11. The van der Waals surface area contributed by atoms with Crippen molar-refractivity contribution in [1.29, 1.82) is 0 Å². The number of hydrogen-bond donors (Lipinski definition) is 1. The van der Waals surface area contributed by atoms with E-state index in [1.165, 1.54) is 26.2 Å². The quantitative estimate of drug-likeness (QED) is 0.775. The first-order chi connectivity index (χ1) is 12.6. The van der Waals surface area contributed by atoms with Crippen molar-refractivity contribution in [2.24, 2.45) is 0 Å². The number of pyridine rings is 1. The molecule has 1 saturated heterocycles. The zero-order chi connectivity index (χ0) is 18.4. The highest BCUT2D eigenvalue weighted by Gasteiger charge is 2.12. The molecule has 1 fully saturated rings. The zero-order valence-corrected chi connectivity index (χ0v) is 15.9. The number of anilines is 1. The number of likely N-dealkylation sites (N-methyl/N-ethyl adjacent to an activating group) is 1. The lowest BCUT2D eigenvalue weighted by Gasteiger charge is -2.32. The fourth-order valence-electron chi connectivity index (χ4n) is 3.31. The molecular formula is C21H30N4O. The summed E-state index contributed by atoms with van der Waals surface area (Å²) in [7, 11) is 2.19. The van der Waals surface area contributed by atoms with Crippen LogP contribution in [0.15, 0.2) is 47.4 Å². The normalized spacial score (nSPS) is 15.9. The van der Waals surface area contributed by atoms with Crippen molar-refractivity contribution in [3.8, 4) is 0 Å². The second-order valence-corrected chi connectivity index (χ2v) is 7.29. The molecule has 5 heteroatoms. The lowest BCUT2D eigenvalue weighted by molar-refractivity contribution is 0.154. The average molecular weight is 354 g/mol. The van der Waals surface area contributed by atoms with Crippen molar-refractivity contribution in [2.75, 3.05) is 51.6 Å². The van der Waals surface area contributed by atoms with Gasteiger partial charge in [0.2, 0.25) is 0 Å². The van der Waals surface area contributed by atoms with Crippen LogP contribution in [0, 0.1) is 6.92 Å². The minimum absolute atomic E-state index is 0.0432. The van der Waals surface area contributed by atoms with E-state index in [-0.39, 0.29) is 5.56 Å². The number of aromatic nitrogens is 1. The van der Waals surface area contributed by atoms with Crippen molar-refractivity contribution < 1.29 is 0 Å². The van der Waals surface area contributed by atoms with Gasteiger partial charge in [-0.15, -0.1) is 0 Å². The smallest absolute Gasteiger partial charge is 0.250 e. The third-order valence-electron chi connectivity index (χ3n) is 5.01. The Hall–Kier alpha value is -2.11. The van der Waals surface area contributed by atoms with E-state index in [2.05, 4.69) is 46.4 Å². The summed E-state index contributed by atoms with van der Waals surface area (Å²) in [6.07, 6.45) is 3.07. The largest absolute Gasteiger partial charge is 0.385 e. The van der Waals surface area contributed by atoms with Gasteiger partial charge in [-0.3, -0.25) is 4.79 Å². The highest BCUT2D eigenvalue weighted by molar-refractivity contribution is 5.44. The lowest BCUT2D eigenvalue weighted by Crippen LogP contribution is -2.44. The standard InChI is InChI=1S/C21H30N4O/c1-18-4-9-21(26)25(16-18)17-19-5-7-20(8-6-19)22-10-3-11-24-14-12-23(2)13-15-24/h4-9,16,22H,3,10-15,17H2,1-2H3. The van der Waals surface area contributed by atoms with Crippen molar-refractivity contribution >= 4 is 5.69 Å². The molecule has 2 aromatic rings. The summed E-state index contributed by atoms with van der Waals surface area (Å²) in [5.41, 5.74) is 3.43. The van der Waals surface area contributed by atoms with Crippen LogP contribution in [0.25, 0.3) is 0 Å². The molecule has 1 N–H and O–H groups in total. The van der Waals surface area contributed by atoms with E-state index >= 15 is 0 Å². The molecule has 0 radical (unpaired) electrons. The maximum Gasteiger partial charge on any atom is 0.250 e. The molecule has 0 aliphatic carbocycles. The molecule has 0 bridgehead atoms. The van der Waals surface area contributed by atoms with Crippen molar-refractivity contribution in [3.63, 3.8) is 0 Å². The van der Waals surface area contributed by atoms with Gasteiger partial charge in [-0.1, -0.05) is 18.2 Å². The van der Waals surface area contributed by atoms with Crippen LogP contribution in [0.5, 0.6) is 0 Å². The first-order valence-electron chi connectivity index (χ1n) is 9.51. The Morgan fingerprint density at radius 1 is 1.00 bits per heavy atom. The maximum atomic E-state index is 11.9. The number of aryl methyl sites for hydroxylation is 1. The van der Waals surface area contributed by atoms with Crippen molar-refractivity contribution in [1.82, 2.24) is 14.4 Å². The fourth-order valence-corrected chi connectivity index (χ4v) is 3.31. The Bertz CT molecular complexity index is 745. The molecule has 2 heterocycles. The van der Waals surface area contributed by atoms with Gasteiger partial charge in [-0.2, -0.15) is 0 Å². The van der Waals surface area contributed by atoms with Gasteiger partial charge in [-0.05, 0) is 50.2 Å². The molecule has 26 heavy (non-hydrogen) atoms. The number of nitrogens with zero attached hydrogens (tertiary/aromatic N) is 3. The molecular weight excluding hydrogens is 324 g/mol. The van der Waals surface area contributed by atoms with E-state index in [4.69, 9.17) is 0 Å². The number of piperazine rings is 1. The van der Waals surface area contributed by atoms with Gasteiger partial charge < -0.3 is 19.7 Å². The minimum Gasteiger partial charge on any atom is -0.385 e. The Morgan fingerprint density at radius 2 is 1.73 bits per heavy atom. The SMILES string of the molecule is Cc1ccc(=O)n(Cc2ccc(NCCCN3CCN(C)CC3)cc2)c1. The molecule has 0 saturated carbocycles. The van der Waals surface area contributed by atoms with Crippen molar-refractivity contribution in [2.45, 2.75) is 19.9 Å². The summed E-state index contributed by atoms with van der Waals surface area (Å²) >= 11 is 0. The molecule has 1 aliphatic rings. The molecule has 5 nitrogen and oxygen atoms in total. The number of benzene rings is 1. The second-order valence-electron chi connectivity index (χ2n) is 7.29. The van der Waals surface area contributed by atoms with E-state index in [0.29, 0.717) is 6.54 Å². The second kappa shape index (κ2) is 9.01. The van der Waals surface area contributed by atoms with Gasteiger partial charge in [0.15, 0.2) is 0 Å².